The number of carbonyl (C=O) groups excluding carboxylic acids is 2. The van der Waals surface area contributed by atoms with Crippen LogP contribution in [0.25, 0.3) is 0 Å². The highest BCUT2D eigenvalue weighted by Gasteiger charge is 2.29. The summed E-state index contributed by atoms with van der Waals surface area (Å²) in [5.41, 5.74) is 5.96. The zero-order valence-electron chi connectivity index (χ0n) is 12.4. The molecule has 3 amide bonds. The molecule has 0 aromatic heterocycles. The molecule has 1 aliphatic rings. The number of nitrogens with two attached hydrogens (primary N) is 1. The maximum atomic E-state index is 12.2. The number of urea groups is 1. The van der Waals surface area contributed by atoms with Crippen molar-refractivity contribution in [1.29, 1.82) is 0 Å². The summed E-state index contributed by atoms with van der Waals surface area (Å²) in [5, 5.41) is 0. The lowest BCUT2D eigenvalue weighted by Crippen LogP contribution is -2.56. The summed E-state index contributed by atoms with van der Waals surface area (Å²) < 4.78 is 0. The van der Waals surface area contributed by atoms with Gasteiger partial charge in [-0.3, -0.25) is 4.79 Å². The zero-order chi connectivity index (χ0) is 14.6. The lowest BCUT2D eigenvalue weighted by molar-refractivity contribution is -0.135. The van der Waals surface area contributed by atoms with Crippen LogP contribution in [0.4, 0.5) is 4.79 Å². The number of rotatable bonds is 3. The Kier molecular flexibility index (Phi) is 5.60. The molecule has 6 heteroatoms. The number of nitrogens with zero attached hydrogens (tertiary/aromatic N) is 3. The van der Waals surface area contributed by atoms with Gasteiger partial charge in [0.2, 0.25) is 5.91 Å². The maximum absolute atomic E-state index is 12.2. The molecule has 1 saturated heterocycles. The fourth-order valence-electron chi connectivity index (χ4n) is 2.11. The van der Waals surface area contributed by atoms with Crippen molar-refractivity contribution < 1.29 is 9.59 Å². The normalized spacial score (nSPS) is 19.0. The summed E-state index contributed by atoms with van der Waals surface area (Å²) in [6.07, 6.45) is 0.895. The van der Waals surface area contributed by atoms with Crippen molar-refractivity contribution in [2.45, 2.75) is 26.3 Å². The molecule has 0 saturated carbocycles. The molecule has 19 heavy (non-hydrogen) atoms. The monoisotopic (exact) mass is 270 g/mol. The van der Waals surface area contributed by atoms with Gasteiger partial charge in [-0.05, 0) is 5.92 Å². The molecule has 2 unspecified atom stereocenters. The Hall–Kier alpha value is -1.30. The summed E-state index contributed by atoms with van der Waals surface area (Å²) >= 11 is 0. The molecule has 0 aromatic carbocycles. The summed E-state index contributed by atoms with van der Waals surface area (Å²) in [4.78, 5) is 29.1. The van der Waals surface area contributed by atoms with Gasteiger partial charge < -0.3 is 20.4 Å². The molecule has 2 N–H and O–H groups in total. The van der Waals surface area contributed by atoms with Crippen molar-refractivity contribution in [3.05, 3.63) is 0 Å². The SMILES string of the molecule is CCC(C)C(N)C(=O)N1CCN(C(=O)N(C)C)CC1. The van der Waals surface area contributed by atoms with Crippen LogP contribution in [0.2, 0.25) is 0 Å². The van der Waals surface area contributed by atoms with Crippen molar-refractivity contribution >= 4 is 11.9 Å². The minimum Gasteiger partial charge on any atom is -0.338 e. The topological polar surface area (TPSA) is 69.9 Å². The minimum atomic E-state index is -0.430. The van der Waals surface area contributed by atoms with E-state index in [4.69, 9.17) is 5.73 Å². The number of piperazine rings is 1. The Morgan fingerprint density at radius 1 is 1.16 bits per heavy atom. The number of amides is 3. The number of hydrogen-bond acceptors (Lipinski definition) is 3. The van der Waals surface area contributed by atoms with Crippen LogP contribution in [0.3, 0.4) is 0 Å². The van der Waals surface area contributed by atoms with Crippen LogP contribution in [0, 0.1) is 5.92 Å². The molecular formula is C13H26N4O2. The van der Waals surface area contributed by atoms with E-state index in [1.165, 1.54) is 0 Å². The van der Waals surface area contributed by atoms with Gasteiger partial charge in [-0.2, -0.15) is 0 Å². The Morgan fingerprint density at radius 3 is 2.05 bits per heavy atom. The number of carbonyl (C=O) groups is 2. The van der Waals surface area contributed by atoms with Crippen molar-refractivity contribution in [2.75, 3.05) is 40.3 Å². The minimum absolute atomic E-state index is 0.00155. The van der Waals surface area contributed by atoms with E-state index in [0.29, 0.717) is 26.2 Å². The van der Waals surface area contributed by atoms with Crippen LogP contribution < -0.4 is 5.73 Å². The molecule has 0 spiro atoms. The van der Waals surface area contributed by atoms with Crippen LogP contribution in [-0.2, 0) is 4.79 Å². The van der Waals surface area contributed by atoms with Gasteiger partial charge in [-0.25, -0.2) is 4.79 Å². The summed E-state index contributed by atoms with van der Waals surface area (Å²) in [5.74, 6) is 0.195. The van der Waals surface area contributed by atoms with Crippen molar-refractivity contribution in [1.82, 2.24) is 14.7 Å². The first-order chi connectivity index (χ1) is 8.88. The average molecular weight is 270 g/mol. The average Bonchev–Trinajstić information content (AvgIpc) is 2.44. The van der Waals surface area contributed by atoms with Crippen LogP contribution in [0.1, 0.15) is 20.3 Å². The molecule has 0 radical (unpaired) electrons. The third kappa shape index (κ3) is 3.83. The van der Waals surface area contributed by atoms with E-state index in [1.54, 1.807) is 28.8 Å². The molecule has 6 nitrogen and oxygen atoms in total. The van der Waals surface area contributed by atoms with Gasteiger partial charge in [0.05, 0.1) is 6.04 Å². The van der Waals surface area contributed by atoms with Gasteiger partial charge >= 0.3 is 6.03 Å². The fraction of sp³-hybridized carbons (Fsp3) is 0.846. The van der Waals surface area contributed by atoms with Crippen LogP contribution in [-0.4, -0.2) is 73.0 Å². The first-order valence-corrected chi connectivity index (χ1v) is 6.89. The zero-order valence-corrected chi connectivity index (χ0v) is 12.4. The standard InChI is InChI=1S/C13H26N4O2/c1-5-10(2)11(14)12(18)16-6-8-17(9-7-16)13(19)15(3)4/h10-11H,5-9,14H2,1-4H3. The highest BCUT2D eigenvalue weighted by Crippen LogP contribution is 2.11. The molecule has 1 heterocycles. The molecule has 1 fully saturated rings. The summed E-state index contributed by atoms with van der Waals surface area (Å²) in [6.45, 7) is 6.33. The van der Waals surface area contributed by atoms with Crippen molar-refractivity contribution in [3.8, 4) is 0 Å². The van der Waals surface area contributed by atoms with Crippen molar-refractivity contribution in [3.63, 3.8) is 0 Å². The second-order valence-electron chi connectivity index (χ2n) is 5.40. The van der Waals surface area contributed by atoms with Gasteiger partial charge in [-0.15, -0.1) is 0 Å². The maximum Gasteiger partial charge on any atom is 0.319 e. The quantitative estimate of drug-likeness (QED) is 0.795. The Balaban J connectivity index is 2.50. The van der Waals surface area contributed by atoms with Crippen LogP contribution in [0.15, 0.2) is 0 Å². The molecule has 1 aliphatic heterocycles. The third-order valence-electron chi connectivity index (χ3n) is 3.79. The predicted octanol–water partition coefficient (Wildman–Crippen LogP) is 0.186. The summed E-state index contributed by atoms with van der Waals surface area (Å²) in [6, 6.07) is -0.431. The van der Waals surface area contributed by atoms with Gasteiger partial charge in [0.25, 0.3) is 0 Å². The molecule has 0 aromatic rings. The lowest BCUT2D eigenvalue weighted by atomic mass is 9.98. The molecule has 0 aliphatic carbocycles. The van der Waals surface area contributed by atoms with E-state index in [1.807, 2.05) is 13.8 Å². The van der Waals surface area contributed by atoms with E-state index in [9.17, 15) is 9.59 Å². The highest BCUT2D eigenvalue weighted by molar-refractivity contribution is 5.82. The lowest BCUT2D eigenvalue weighted by Gasteiger charge is -2.37. The second-order valence-corrected chi connectivity index (χ2v) is 5.40. The molecule has 2 atom stereocenters. The van der Waals surface area contributed by atoms with E-state index in [0.717, 1.165) is 6.42 Å². The van der Waals surface area contributed by atoms with E-state index in [-0.39, 0.29) is 17.9 Å². The smallest absolute Gasteiger partial charge is 0.319 e. The first kappa shape index (κ1) is 15.8. The fourth-order valence-corrected chi connectivity index (χ4v) is 2.11. The van der Waals surface area contributed by atoms with Crippen molar-refractivity contribution in [2.24, 2.45) is 11.7 Å². The highest BCUT2D eigenvalue weighted by atomic mass is 16.2. The first-order valence-electron chi connectivity index (χ1n) is 6.89. The van der Waals surface area contributed by atoms with E-state index < -0.39 is 6.04 Å². The van der Waals surface area contributed by atoms with Gasteiger partial charge in [0, 0.05) is 40.3 Å². The van der Waals surface area contributed by atoms with Gasteiger partial charge in [0.1, 0.15) is 0 Å². The third-order valence-corrected chi connectivity index (χ3v) is 3.79. The molecule has 0 bridgehead atoms. The van der Waals surface area contributed by atoms with E-state index in [2.05, 4.69) is 0 Å². The van der Waals surface area contributed by atoms with Gasteiger partial charge in [-0.1, -0.05) is 20.3 Å². The number of hydrogen-bond donors (Lipinski definition) is 1. The molecule has 1 rings (SSSR count). The second kappa shape index (κ2) is 6.75. The largest absolute Gasteiger partial charge is 0.338 e. The van der Waals surface area contributed by atoms with Gasteiger partial charge in [0.15, 0.2) is 0 Å². The molecular weight excluding hydrogens is 244 g/mol. The Bertz CT molecular complexity index is 325. The predicted molar refractivity (Wildman–Crippen MR) is 74.7 cm³/mol. The van der Waals surface area contributed by atoms with E-state index >= 15 is 0 Å². The molecule has 110 valence electrons. The Morgan fingerprint density at radius 2 is 1.63 bits per heavy atom. The Labute approximate surface area is 115 Å². The van der Waals surface area contributed by atoms with Crippen LogP contribution >= 0.6 is 0 Å². The summed E-state index contributed by atoms with van der Waals surface area (Å²) in [7, 11) is 3.47. The van der Waals surface area contributed by atoms with Crippen LogP contribution in [0.5, 0.6) is 0 Å².